The predicted molar refractivity (Wildman–Crippen MR) is 71.8 cm³/mol. The summed E-state index contributed by atoms with van der Waals surface area (Å²) in [5.74, 6) is -1.35. The van der Waals surface area contributed by atoms with Gasteiger partial charge in [0.05, 0.1) is 4.75 Å². The number of likely N-dealkylation sites (tertiary alicyclic amines) is 1. The van der Waals surface area contributed by atoms with Crippen LogP contribution in [0.4, 0.5) is 13.2 Å². The zero-order chi connectivity index (χ0) is 15.3. The molecule has 7 heteroatoms. The van der Waals surface area contributed by atoms with Crippen molar-refractivity contribution < 1.29 is 22.2 Å². The number of benzene rings is 1. The Morgan fingerprint density at radius 2 is 1.81 bits per heavy atom. The second-order valence-corrected chi connectivity index (χ2v) is 7.19. The Morgan fingerprint density at radius 3 is 2.43 bits per heavy atom. The normalized spacial score (nSPS) is 24.1. The van der Waals surface area contributed by atoms with Gasteiger partial charge in [-0.15, -0.1) is 0 Å². The third kappa shape index (κ3) is 2.27. The lowest BCUT2D eigenvalue weighted by molar-refractivity contribution is -0.186. The van der Waals surface area contributed by atoms with E-state index in [1.807, 2.05) is 24.3 Å². The van der Waals surface area contributed by atoms with E-state index in [2.05, 4.69) is 0 Å². The highest BCUT2D eigenvalue weighted by Gasteiger charge is 2.50. The monoisotopic (exact) mass is 317 g/mol. The Hall–Kier alpha value is -1.37. The summed E-state index contributed by atoms with van der Waals surface area (Å²) in [7, 11) is -1.13. The van der Waals surface area contributed by atoms with Crippen LogP contribution in [0.5, 0.6) is 0 Å². The van der Waals surface area contributed by atoms with E-state index in [4.69, 9.17) is 0 Å². The highest BCUT2D eigenvalue weighted by atomic mass is 32.2. The second kappa shape index (κ2) is 4.83. The van der Waals surface area contributed by atoms with E-state index in [1.165, 1.54) is 0 Å². The molecule has 1 spiro atoms. The molecule has 1 aromatic carbocycles. The highest BCUT2D eigenvalue weighted by molar-refractivity contribution is 7.85. The maximum Gasteiger partial charge on any atom is 0.471 e. The first-order valence-corrected chi connectivity index (χ1v) is 7.99. The molecule has 2 heterocycles. The summed E-state index contributed by atoms with van der Waals surface area (Å²) >= 11 is 0. The van der Waals surface area contributed by atoms with Crippen LogP contribution in [0.1, 0.15) is 24.0 Å². The van der Waals surface area contributed by atoms with E-state index in [0.29, 0.717) is 18.6 Å². The first-order valence-electron chi connectivity index (χ1n) is 6.67. The predicted octanol–water partition coefficient (Wildman–Crippen LogP) is 2.33. The number of hydrogen-bond acceptors (Lipinski definition) is 2. The molecule has 3 rings (SSSR count). The summed E-state index contributed by atoms with van der Waals surface area (Å²) in [6, 6.07) is 7.55. The van der Waals surface area contributed by atoms with Crippen molar-refractivity contribution in [1.82, 2.24) is 4.90 Å². The van der Waals surface area contributed by atoms with Crippen molar-refractivity contribution in [2.75, 3.05) is 13.1 Å². The fourth-order valence-electron chi connectivity index (χ4n) is 3.24. The van der Waals surface area contributed by atoms with E-state index in [0.717, 1.165) is 16.0 Å². The molecule has 3 nitrogen and oxygen atoms in total. The molecule has 0 N–H and O–H groups in total. The minimum absolute atomic E-state index is 0.00157. The zero-order valence-corrected chi connectivity index (χ0v) is 12.0. The van der Waals surface area contributed by atoms with E-state index in [9.17, 15) is 22.2 Å². The lowest BCUT2D eigenvalue weighted by atomic mass is 9.86. The summed E-state index contributed by atoms with van der Waals surface area (Å²) < 4.78 is 49.3. The van der Waals surface area contributed by atoms with Crippen LogP contribution >= 0.6 is 0 Å². The van der Waals surface area contributed by atoms with Crippen LogP contribution in [0.25, 0.3) is 0 Å². The largest absolute Gasteiger partial charge is 0.471 e. The van der Waals surface area contributed by atoms with Crippen LogP contribution in [-0.4, -0.2) is 34.3 Å². The van der Waals surface area contributed by atoms with Crippen LogP contribution in [0.15, 0.2) is 24.3 Å². The minimum Gasteiger partial charge on any atom is -0.335 e. The number of carbonyl (C=O) groups is 1. The Morgan fingerprint density at radius 1 is 1.19 bits per heavy atom. The van der Waals surface area contributed by atoms with Gasteiger partial charge < -0.3 is 4.90 Å². The van der Waals surface area contributed by atoms with Crippen LogP contribution in [0.2, 0.25) is 0 Å². The average Bonchev–Trinajstić information content (AvgIpc) is 2.71. The number of alkyl halides is 3. The maximum absolute atomic E-state index is 12.5. The summed E-state index contributed by atoms with van der Waals surface area (Å²) in [6.45, 7) is -0.00314. The molecular formula is C14H14F3NO2S. The molecule has 0 saturated carbocycles. The van der Waals surface area contributed by atoms with Gasteiger partial charge in [-0.25, -0.2) is 0 Å². The van der Waals surface area contributed by atoms with Gasteiger partial charge in [-0.2, -0.15) is 13.2 Å². The summed E-state index contributed by atoms with van der Waals surface area (Å²) in [6.07, 6.45) is -4.20. The van der Waals surface area contributed by atoms with Gasteiger partial charge in [0.1, 0.15) is 0 Å². The zero-order valence-electron chi connectivity index (χ0n) is 11.2. The van der Waals surface area contributed by atoms with Gasteiger partial charge in [-0.1, -0.05) is 24.3 Å². The topological polar surface area (TPSA) is 37.4 Å². The third-order valence-corrected chi connectivity index (χ3v) is 6.40. The molecule has 1 amide bonds. The first kappa shape index (κ1) is 14.6. The summed E-state index contributed by atoms with van der Waals surface area (Å²) in [5, 5.41) is 0. The number of hydrogen-bond donors (Lipinski definition) is 0. The van der Waals surface area contributed by atoms with Gasteiger partial charge in [-0.05, 0) is 24.0 Å². The number of halogens is 3. The molecule has 2 aliphatic rings. The molecule has 1 aromatic rings. The molecule has 0 aliphatic carbocycles. The van der Waals surface area contributed by atoms with E-state index >= 15 is 0 Å². The smallest absolute Gasteiger partial charge is 0.335 e. The van der Waals surface area contributed by atoms with Crippen molar-refractivity contribution in [2.24, 2.45) is 0 Å². The summed E-state index contributed by atoms with van der Waals surface area (Å²) in [5.41, 5.74) is 1.98. The van der Waals surface area contributed by atoms with Crippen molar-refractivity contribution in [3.8, 4) is 0 Å². The highest BCUT2D eigenvalue weighted by Crippen LogP contribution is 2.46. The Labute approximate surface area is 122 Å². The molecule has 1 atom stereocenters. The standard InChI is InChI=1S/C14H14F3NO2S/c15-14(16,17)12(19)18-7-5-13(6-8-18)11-4-2-1-3-10(11)9-21(13)20/h1-4H,5-9H2/t21-/m0/s1. The van der Waals surface area contributed by atoms with Crippen molar-refractivity contribution in [3.05, 3.63) is 35.4 Å². The quantitative estimate of drug-likeness (QED) is 0.736. The Kier molecular flexibility index (Phi) is 3.35. The fraction of sp³-hybridized carbons (Fsp3) is 0.500. The maximum atomic E-state index is 12.5. The molecule has 21 heavy (non-hydrogen) atoms. The van der Waals surface area contributed by atoms with Crippen molar-refractivity contribution in [2.45, 2.75) is 29.5 Å². The molecule has 114 valence electrons. The number of fused-ring (bicyclic) bond motifs is 2. The van der Waals surface area contributed by atoms with Crippen molar-refractivity contribution >= 4 is 16.7 Å². The van der Waals surface area contributed by atoms with Crippen LogP contribution in [0, 0.1) is 0 Å². The molecule has 2 aliphatic heterocycles. The molecule has 0 unspecified atom stereocenters. The van der Waals surface area contributed by atoms with Crippen LogP contribution < -0.4 is 0 Å². The van der Waals surface area contributed by atoms with Gasteiger partial charge in [0.25, 0.3) is 0 Å². The number of piperidine rings is 1. The van der Waals surface area contributed by atoms with Crippen molar-refractivity contribution in [1.29, 1.82) is 0 Å². The average molecular weight is 317 g/mol. The summed E-state index contributed by atoms with van der Waals surface area (Å²) in [4.78, 5) is 12.1. The van der Waals surface area contributed by atoms with Crippen molar-refractivity contribution in [3.63, 3.8) is 0 Å². The second-order valence-electron chi connectivity index (χ2n) is 5.43. The number of carbonyl (C=O) groups excluding carboxylic acids is 1. The number of amides is 1. The van der Waals surface area contributed by atoms with E-state index < -0.39 is 27.6 Å². The van der Waals surface area contributed by atoms with Crippen LogP contribution in [-0.2, 0) is 26.1 Å². The van der Waals surface area contributed by atoms with Gasteiger partial charge in [-0.3, -0.25) is 9.00 Å². The number of rotatable bonds is 0. The van der Waals surface area contributed by atoms with E-state index in [-0.39, 0.29) is 13.1 Å². The molecule has 0 bridgehead atoms. The molecular weight excluding hydrogens is 303 g/mol. The van der Waals surface area contributed by atoms with E-state index in [1.54, 1.807) is 0 Å². The molecule has 0 aromatic heterocycles. The van der Waals surface area contributed by atoms with Gasteiger partial charge in [0.2, 0.25) is 0 Å². The molecule has 0 radical (unpaired) electrons. The Balaban J connectivity index is 1.83. The minimum atomic E-state index is -4.84. The fourth-order valence-corrected chi connectivity index (χ4v) is 5.13. The Bertz CT molecular complexity index is 606. The molecule has 1 saturated heterocycles. The van der Waals surface area contributed by atoms with Gasteiger partial charge >= 0.3 is 12.1 Å². The lowest BCUT2D eigenvalue weighted by Gasteiger charge is -2.39. The third-order valence-electron chi connectivity index (χ3n) is 4.33. The number of nitrogens with zero attached hydrogens (tertiary/aromatic N) is 1. The van der Waals surface area contributed by atoms with Gasteiger partial charge in [0, 0.05) is 29.6 Å². The van der Waals surface area contributed by atoms with Crippen LogP contribution in [0.3, 0.4) is 0 Å². The first-order chi connectivity index (χ1) is 9.84. The SMILES string of the molecule is O=C(N1CCC2(CC1)c1ccccc1C[S@@]2=O)C(F)(F)F. The van der Waals surface area contributed by atoms with Gasteiger partial charge in [0.15, 0.2) is 0 Å². The lowest BCUT2D eigenvalue weighted by Crippen LogP contribution is -2.49. The molecule has 1 fully saturated rings.